The Bertz CT molecular complexity index is 640. The normalized spacial score (nSPS) is 25.6. The minimum Gasteiger partial charge on any atom is -0.297 e. The van der Waals surface area contributed by atoms with Crippen LogP contribution in [-0.2, 0) is 6.18 Å². The van der Waals surface area contributed by atoms with Crippen molar-refractivity contribution in [2.45, 2.75) is 37.5 Å². The molecule has 2 aliphatic heterocycles. The van der Waals surface area contributed by atoms with E-state index in [1.54, 1.807) is 0 Å². The van der Waals surface area contributed by atoms with Gasteiger partial charge in [-0.1, -0.05) is 6.08 Å². The van der Waals surface area contributed by atoms with Gasteiger partial charge in [-0.15, -0.1) is 0 Å². The molecule has 0 aromatic heterocycles. The Balaban J connectivity index is 2.06. The van der Waals surface area contributed by atoms with Crippen molar-refractivity contribution in [1.82, 2.24) is 4.90 Å². The lowest BCUT2D eigenvalue weighted by atomic mass is 9.91. The zero-order valence-electron chi connectivity index (χ0n) is 11.6. The maximum Gasteiger partial charge on any atom is 0.416 e. The third-order valence-corrected chi connectivity index (χ3v) is 4.56. The zero-order valence-corrected chi connectivity index (χ0v) is 11.6. The van der Waals surface area contributed by atoms with Crippen molar-refractivity contribution in [3.8, 4) is 6.07 Å². The zero-order chi connectivity index (χ0) is 15.2. The first-order valence-electron chi connectivity index (χ1n) is 6.94. The van der Waals surface area contributed by atoms with E-state index in [1.807, 2.05) is 19.2 Å². The van der Waals surface area contributed by atoms with E-state index in [1.165, 1.54) is 6.07 Å². The summed E-state index contributed by atoms with van der Waals surface area (Å²) in [7, 11) is 2.05. The molecule has 3 rings (SSSR count). The molecule has 0 N–H and O–H groups in total. The van der Waals surface area contributed by atoms with E-state index in [0.29, 0.717) is 23.6 Å². The van der Waals surface area contributed by atoms with Crippen molar-refractivity contribution in [3.05, 3.63) is 41.0 Å². The molecule has 1 saturated heterocycles. The summed E-state index contributed by atoms with van der Waals surface area (Å²) >= 11 is 0. The fraction of sp³-hybridized carbons (Fsp3) is 0.438. The Hall–Kier alpha value is -1.80. The van der Waals surface area contributed by atoms with Crippen LogP contribution in [0.3, 0.4) is 0 Å². The standard InChI is InChI=1S/C16H15F3N2/c1-21-13-4-5-14(21)7-11(6-13)15-8-12(16(17,18)19)3-2-10(15)9-20/h2-3,6,8,13-14H,4-5,7H2,1H3. The first-order chi connectivity index (χ1) is 9.90. The topological polar surface area (TPSA) is 27.0 Å². The third kappa shape index (κ3) is 2.44. The van der Waals surface area contributed by atoms with Crippen LogP contribution in [0.2, 0.25) is 0 Å². The van der Waals surface area contributed by atoms with Crippen molar-refractivity contribution in [2.24, 2.45) is 0 Å². The van der Waals surface area contributed by atoms with E-state index < -0.39 is 11.7 Å². The molecular formula is C16H15F3N2. The number of likely N-dealkylation sites (N-methyl/N-ethyl adjacent to an activating group) is 1. The van der Waals surface area contributed by atoms with E-state index in [9.17, 15) is 18.4 Å². The van der Waals surface area contributed by atoms with Crippen LogP contribution >= 0.6 is 0 Å². The van der Waals surface area contributed by atoms with E-state index >= 15 is 0 Å². The molecule has 2 heterocycles. The quantitative estimate of drug-likeness (QED) is 0.786. The molecule has 0 amide bonds. The maximum absolute atomic E-state index is 12.9. The van der Waals surface area contributed by atoms with Crippen LogP contribution in [0.4, 0.5) is 13.2 Å². The number of hydrogen-bond donors (Lipinski definition) is 0. The van der Waals surface area contributed by atoms with Gasteiger partial charge in [-0.2, -0.15) is 18.4 Å². The number of nitrogens with zero attached hydrogens (tertiary/aromatic N) is 2. The second-order valence-corrected chi connectivity index (χ2v) is 5.73. The highest BCUT2D eigenvalue weighted by molar-refractivity contribution is 5.73. The van der Waals surface area contributed by atoms with Gasteiger partial charge in [0.25, 0.3) is 0 Å². The van der Waals surface area contributed by atoms with Gasteiger partial charge in [0.15, 0.2) is 0 Å². The predicted molar refractivity (Wildman–Crippen MR) is 73.3 cm³/mol. The molecule has 1 aromatic carbocycles. The summed E-state index contributed by atoms with van der Waals surface area (Å²) in [6.45, 7) is 0. The largest absolute Gasteiger partial charge is 0.416 e. The van der Waals surface area contributed by atoms with Crippen LogP contribution in [0, 0.1) is 11.3 Å². The highest BCUT2D eigenvalue weighted by atomic mass is 19.4. The van der Waals surface area contributed by atoms with Crippen molar-refractivity contribution in [2.75, 3.05) is 7.05 Å². The highest BCUT2D eigenvalue weighted by Gasteiger charge is 2.36. The molecule has 2 bridgehead atoms. The van der Waals surface area contributed by atoms with Crippen LogP contribution in [0.15, 0.2) is 24.3 Å². The maximum atomic E-state index is 12.9. The molecule has 0 aliphatic carbocycles. The second-order valence-electron chi connectivity index (χ2n) is 5.73. The number of fused-ring (bicyclic) bond motifs is 2. The lowest BCUT2D eigenvalue weighted by Crippen LogP contribution is -2.34. The Labute approximate surface area is 121 Å². The van der Waals surface area contributed by atoms with Gasteiger partial charge in [0.1, 0.15) is 0 Å². The van der Waals surface area contributed by atoms with Crippen LogP contribution in [0.25, 0.3) is 5.57 Å². The van der Waals surface area contributed by atoms with Gasteiger partial charge in [0.05, 0.1) is 17.2 Å². The molecule has 21 heavy (non-hydrogen) atoms. The van der Waals surface area contributed by atoms with Crippen LogP contribution in [0.5, 0.6) is 0 Å². The van der Waals surface area contributed by atoms with Crippen LogP contribution in [0.1, 0.15) is 36.0 Å². The van der Waals surface area contributed by atoms with Crippen molar-refractivity contribution >= 4 is 5.57 Å². The van der Waals surface area contributed by atoms with Crippen molar-refractivity contribution in [3.63, 3.8) is 0 Å². The molecule has 1 aromatic rings. The fourth-order valence-electron chi connectivity index (χ4n) is 3.33. The van der Waals surface area contributed by atoms with Gasteiger partial charge < -0.3 is 0 Å². The molecule has 2 atom stereocenters. The summed E-state index contributed by atoms with van der Waals surface area (Å²) in [5.41, 5.74) is 0.947. The summed E-state index contributed by atoms with van der Waals surface area (Å²) in [5.74, 6) is 0. The average Bonchev–Trinajstić information content (AvgIpc) is 2.66. The van der Waals surface area contributed by atoms with Gasteiger partial charge in [-0.3, -0.25) is 4.90 Å². The monoisotopic (exact) mass is 292 g/mol. The van der Waals surface area contributed by atoms with Gasteiger partial charge >= 0.3 is 6.18 Å². The molecule has 2 nitrogen and oxygen atoms in total. The van der Waals surface area contributed by atoms with E-state index in [2.05, 4.69) is 4.90 Å². The Morgan fingerprint density at radius 1 is 1.29 bits per heavy atom. The van der Waals surface area contributed by atoms with Crippen molar-refractivity contribution in [1.29, 1.82) is 5.26 Å². The second kappa shape index (κ2) is 4.88. The molecule has 2 aliphatic rings. The first kappa shape index (κ1) is 14.2. The Morgan fingerprint density at radius 2 is 2.05 bits per heavy atom. The highest BCUT2D eigenvalue weighted by Crippen LogP contribution is 2.40. The van der Waals surface area contributed by atoms with Gasteiger partial charge in [-0.25, -0.2) is 0 Å². The van der Waals surface area contributed by atoms with Crippen molar-refractivity contribution < 1.29 is 13.2 Å². The third-order valence-electron chi connectivity index (χ3n) is 4.56. The Morgan fingerprint density at radius 3 is 2.67 bits per heavy atom. The minimum atomic E-state index is -4.38. The van der Waals surface area contributed by atoms with Gasteiger partial charge in [-0.05, 0) is 55.6 Å². The summed E-state index contributed by atoms with van der Waals surface area (Å²) in [6, 6.07) is 6.04. The number of benzene rings is 1. The molecule has 2 unspecified atom stereocenters. The lowest BCUT2D eigenvalue weighted by Gasteiger charge is -2.30. The van der Waals surface area contributed by atoms with E-state index in [-0.39, 0.29) is 6.04 Å². The molecule has 0 spiro atoms. The minimum absolute atomic E-state index is 0.278. The summed E-state index contributed by atoms with van der Waals surface area (Å²) in [5, 5.41) is 9.17. The number of nitriles is 1. The molecule has 110 valence electrons. The lowest BCUT2D eigenvalue weighted by molar-refractivity contribution is -0.137. The Kier molecular flexibility index (Phi) is 3.29. The molecule has 0 radical (unpaired) electrons. The number of halogens is 3. The van der Waals surface area contributed by atoms with E-state index in [0.717, 1.165) is 30.5 Å². The SMILES string of the molecule is CN1C2C=C(c3cc(C(F)(F)F)ccc3C#N)CC1CC2. The fourth-order valence-corrected chi connectivity index (χ4v) is 3.33. The van der Waals surface area contributed by atoms with Crippen LogP contribution in [-0.4, -0.2) is 24.0 Å². The summed E-state index contributed by atoms with van der Waals surface area (Å²) < 4.78 is 38.7. The average molecular weight is 292 g/mol. The van der Waals surface area contributed by atoms with Gasteiger partial charge in [0.2, 0.25) is 0 Å². The smallest absolute Gasteiger partial charge is 0.297 e. The molecule has 0 saturated carbocycles. The molecule has 1 fully saturated rings. The first-order valence-corrected chi connectivity index (χ1v) is 6.94. The molecule has 5 heteroatoms. The van der Waals surface area contributed by atoms with Crippen LogP contribution < -0.4 is 0 Å². The van der Waals surface area contributed by atoms with E-state index in [4.69, 9.17) is 0 Å². The summed E-state index contributed by atoms with van der Waals surface area (Å²) in [6.07, 6.45) is 0.448. The number of rotatable bonds is 1. The number of hydrogen-bond acceptors (Lipinski definition) is 2. The summed E-state index contributed by atoms with van der Waals surface area (Å²) in [4.78, 5) is 2.27. The predicted octanol–water partition coefficient (Wildman–Crippen LogP) is 3.83. The molecular weight excluding hydrogens is 277 g/mol. The van der Waals surface area contributed by atoms with Gasteiger partial charge in [0, 0.05) is 12.1 Å². The number of alkyl halides is 3.